The SMILES string of the molecule is C=CCN.O=[SH-]=O. The molecule has 0 bridgehead atoms. The molecule has 44 valence electrons. The van der Waals surface area contributed by atoms with Crippen molar-refractivity contribution in [1.82, 2.24) is 0 Å². The van der Waals surface area contributed by atoms with E-state index in [4.69, 9.17) is 14.2 Å². The van der Waals surface area contributed by atoms with Crippen LogP contribution in [-0.4, -0.2) is 6.54 Å². The van der Waals surface area contributed by atoms with E-state index in [1.54, 1.807) is 6.08 Å². The molecule has 0 atom stereocenters. The van der Waals surface area contributed by atoms with Gasteiger partial charge in [0.25, 0.3) is 0 Å². The Labute approximate surface area is 45.8 Å². The van der Waals surface area contributed by atoms with Crippen LogP contribution in [0.1, 0.15) is 0 Å². The van der Waals surface area contributed by atoms with Crippen molar-refractivity contribution in [1.29, 1.82) is 0 Å². The van der Waals surface area contributed by atoms with Gasteiger partial charge in [0.1, 0.15) is 0 Å². The summed E-state index contributed by atoms with van der Waals surface area (Å²) in [6.45, 7) is 3.94. The first-order valence-electron chi connectivity index (χ1n) is 1.59. The van der Waals surface area contributed by atoms with Gasteiger partial charge in [-0.2, -0.15) is 0 Å². The fourth-order valence-corrected chi connectivity index (χ4v) is 0. The third-order valence-electron chi connectivity index (χ3n) is 0.167. The zero-order valence-electron chi connectivity index (χ0n) is 3.83. The van der Waals surface area contributed by atoms with Gasteiger partial charge in [0.2, 0.25) is 0 Å². The Morgan fingerprint density at radius 1 is 1.71 bits per heavy atom. The Balaban J connectivity index is 0. The van der Waals surface area contributed by atoms with Gasteiger partial charge in [-0.3, -0.25) is 0 Å². The largest absolute Gasteiger partial charge is 0.427 e. The van der Waals surface area contributed by atoms with Crippen LogP contribution in [0.3, 0.4) is 0 Å². The second kappa shape index (κ2) is 17.4. The standard InChI is InChI=1S/C3H7N.HO2S/c1-2-3-4;1-3-2/h2H,1,3-4H2;3H/q;-1. The summed E-state index contributed by atoms with van der Waals surface area (Å²) in [6, 6.07) is 0. The summed E-state index contributed by atoms with van der Waals surface area (Å²) in [5.41, 5.74) is 4.91. The quantitative estimate of drug-likeness (QED) is 0.293. The topological polar surface area (TPSA) is 60.2 Å². The van der Waals surface area contributed by atoms with Crippen LogP contribution >= 0.6 is 0 Å². The Bertz CT molecular complexity index is 67.3. The van der Waals surface area contributed by atoms with E-state index in [-0.39, 0.29) is 0 Å². The molecule has 0 aliphatic heterocycles. The average molecular weight is 122 g/mol. The molecule has 7 heavy (non-hydrogen) atoms. The van der Waals surface area contributed by atoms with Gasteiger partial charge in [-0.1, -0.05) is 17.6 Å². The predicted molar refractivity (Wildman–Crippen MR) is 29.4 cm³/mol. The number of hydrogen-bond acceptors (Lipinski definition) is 4. The molecule has 2 N–H and O–H groups in total. The molecule has 0 fully saturated rings. The summed E-state index contributed by atoms with van der Waals surface area (Å²) < 4.78 is 16.7. The maximum atomic E-state index is 8.35. The van der Waals surface area contributed by atoms with Crippen LogP contribution in [0.25, 0.3) is 0 Å². The summed E-state index contributed by atoms with van der Waals surface area (Å²) >= 11 is -1.08. The van der Waals surface area contributed by atoms with Gasteiger partial charge in [0.05, 0.1) is 0 Å². The number of thiol groups is 1. The highest BCUT2D eigenvalue weighted by Crippen LogP contribution is 1.40. The molecular formula is C3H8NO2S-. The van der Waals surface area contributed by atoms with Gasteiger partial charge in [0.15, 0.2) is 0 Å². The summed E-state index contributed by atoms with van der Waals surface area (Å²) in [5.74, 6) is 0. The molecule has 4 heteroatoms. The number of nitrogens with two attached hydrogens (primary N) is 1. The Morgan fingerprint density at radius 3 is 1.86 bits per heavy atom. The zero-order valence-corrected chi connectivity index (χ0v) is 4.73. The molecule has 0 aromatic carbocycles. The Kier molecular flexibility index (Phi) is 24.4. The maximum Gasteiger partial charge on any atom is 0.0104 e. The Hall–Kier alpha value is -0.350. The van der Waals surface area contributed by atoms with E-state index < -0.39 is 11.6 Å². The van der Waals surface area contributed by atoms with Gasteiger partial charge in [0, 0.05) is 6.54 Å². The first kappa shape index (κ1) is 9.82. The monoisotopic (exact) mass is 122 g/mol. The van der Waals surface area contributed by atoms with Crippen LogP contribution < -0.4 is 5.73 Å². The highest BCUT2D eigenvalue weighted by atomic mass is 32.1. The van der Waals surface area contributed by atoms with Gasteiger partial charge in [-0.05, 0) is 0 Å². The van der Waals surface area contributed by atoms with Gasteiger partial charge in [-0.25, -0.2) is 0 Å². The van der Waals surface area contributed by atoms with Gasteiger partial charge in [-0.15, -0.1) is 6.58 Å². The minimum Gasteiger partial charge on any atom is -0.427 e. The molecule has 3 nitrogen and oxygen atoms in total. The second-order valence-corrected chi connectivity index (χ2v) is 0.748. The van der Waals surface area contributed by atoms with Crippen molar-refractivity contribution in [3.8, 4) is 0 Å². The van der Waals surface area contributed by atoms with Crippen LogP contribution in [0, 0.1) is 0 Å². The molecule has 0 rings (SSSR count). The normalized spacial score (nSPS) is 5.86. The summed E-state index contributed by atoms with van der Waals surface area (Å²) in [7, 11) is 0. The van der Waals surface area contributed by atoms with Gasteiger partial charge < -0.3 is 14.2 Å². The average Bonchev–Trinajstić information content (AvgIpc) is 1.69. The molecule has 0 spiro atoms. The molecule has 0 radical (unpaired) electrons. The fraction of sp³-hybridized carbons (Fsp3) is 0.333. The van der Waals surface area contributed by atoms with Crippen molar-refractivity contribution < 1.29 is 8.42 Å². The first-order valence-corrected chi connectivity index (χ1v) is 2.32. The molecule has 0 amide bonds. The molecule has 0 aromatic heterocycles. The lowest BCUT2D eigenvalue weighted by atomic mass is 10.7. The predicted octanol–water partition coefficient (Wildman–Crippen LogP) is -0.377. The molecule has 0 unspecified atom stereocenters. The van der Waals surface area contributed by atoms with Crippen molar-refractivity contribution in [2.75, 3.05) is 6.54 Å². The molecule has 0 heterocycles. The third kappa shape index (κ3) is 178. The lowest BCUT2D eigenvalue weighted by molar-refractivity contribution is 0.541. The number of hydrogen-bond donors (Lipinski definition) is 1. The van der Waals surface area contributed by atoms with Crippen LogP contribution in [0.4, 0.5) is 0 Å². The van der Waals surface area contributed by atoms with Crippen molar-refractivity contribution in [2.45, 2.75) is 0 Å². The summed E-state index contributed by atoms with van der Waals surface area (Å²) in [4.78, 5) is 0. The van der Waals surface area contributed by atoms with Crippen LogP contribution in [-0.2, 0) is 20.0 Å². The molecule has 0 saturated heterocycles. The van der Waals surface area contributed by atoms with Gasteiger partial charge >= 0.3 is 0 Å². The third-order valence-corrected chi connectivity index (χ3v) is 0.167. The minimum atomic E-state index is -1.08. The van der Waals surface area contributed by atoms with Crippen molar-refractivity contribution in [2.24, 2.45) is 5.73 Å². The van der Waals surface area contributed by atoms with E-state index in [1.165, 1.54) is 0 Å². The summed E-state index contributed by atoms with van der Waals surface area (Å²) in [6.07, 6.45) is 1.65. The first-order chi connectivity index (χ1) is 3.33. The molecule has 0 aromatic rings. The van der Waals surface area contributed by atoms with E-state index in [2.05, 4.69) is 6.58 Å². The Morgan fingerprint density at radius 2 is 1.86 bits per heavy atom. The lowest BCUT2D eigenvalue weighted by Gasteiger charge is -1.61. The molecule has 0 aliphatic rings. The smallest absolute Gasteiger partial charge is 0.0104 e. The van der Waals surface area contributed by atoms with Crippen LogP contribution in [0.5, 0.6) is 0 Å². The number of rotatable bonds is 1. The van der Waals surface area contributed by atoms with Crippen LogP contribution in [0.2, 0.25) is 0 Å². The van der Waals surface area contributed by atoms with E-state index >= 15 is 0 Å². The maximum absolute atomic E-state index is 8.35. The highest BCUT2D eigenvalue weighted by molar-refractivity contribution is 7.51. The minimum absolute atomic E-state index is 0.583. The van der Waals surface area contributed by atoms with E-state index in [1.807, 2.05) is 0 Å². The highest BCUT2D eigenvalue weighted by Gasteiger charge is 1.43. The van der Waals surface area contributed by atoms with E-state index in [0.29, 0.717) is 6.54 Å². The second-order valence-electron chi connectivity index (χ2n) is 0.599. The van der Waals surface area contributed by atoms with Crippen molar-refractivity contribution in [3.63, 3.8) is 0 Å². The van der Waals surface area contributed by atoms with Crippen molar-refractivity contribution in [3.05, 3.63) is 12.7 Å². The molecule has 0 aliphatic carbocycles. The van der Waals surface area contributed by atoms with E-state index in [9.17, 15) is 0 Å². The molecule has 0 saturated carbocycles. The van der Waals surface area contributed by atoms with Crippen LogP contribution in [0.15, 0.2) is 12.7 Å². The van der Waals surface area contributed by atoms with Crippen molar-refractivity contribution >= 4 is 11.6 Å². The molecular weight excluding hydrogens is 114 g/mol. The van der Waals surface area contributed by atoms with E-state index in [0.717, 1.165) is 0 Å². The fourth-order valence-electron chi connectivity index (χ4n) is 0. The zero-order chi connectivity index (χ0) is 6.12. The summed E-state index contributed by atoms with van der Waals surface area (Å²) in [5, 5.41) is 0. The lowest BCUT2D eigenvalue weighted by Crippen LogP contribution is -1.90.